The molecule has 0 fully saturated rings. The van der Waals surface area contributed by atoms with Gasteiger partial charge in [0.05, 0.1) is 4.90 Å². The molecular weight excluding hydrogens is 481 g/mol. The van der Waals surface area contributed by atoms with Crippen LogP contribution in [0.3, 0.4) is 0 Å². The molecule has 0 aliphatic rings. The average molecular weight is 506 g/mol. The van der Waals surface area contributed by atoms with Crippen LogP contribution in [0.25, 0.3) is 0 Å². The molecule has 4 aromatic carbocycles. The van der Waals surface area contributed by atoms with Crippen LogP contribution >= 0.6 is 0 Å². The molecular formula is C27H24FN3O4S. The van der Waals surface area contributed by atoms with E-state index in [2.05, 4.69) is 10.0 Å². The first kappa shape index (κ1) is 24.9. The van der Waals surface area contributed by atoms with Crippen molar-refractivity contribution in [3.8, 4) is 11.5 Å². The van der Waals surface area contributed by atoms with E-state index in [-0.39, 0.29) is 18.0 Å². The molecule has 0 radical (unpaired) electrons. The Morgan fingerprint density at radius 3 is 2.00 bits per heavy atom. The summed E-state index contributed by atoms with van der Waals surface area (Å²) in [5, 5.41) is 2.82. The van der Waals surface area contributed by atoms with Crippen molar-refractivity contribution in [1.82, 2.24) is 4.72 Å². The van der Waals surface area contributed by atoms with Crippen LogP contribution < -0.4 is 19.7 Å². The maximum Gasteiger partial charge on any atom is 0.326 e. The molecule has 4 aromatic rings. The highest BCUT2D eigenvalue weighted by molar-refractivity contribution is 7.89. The zero-order chi connectivity index (χ0) is 25.4. The van der Waals surface area contributed by atoms with Crippen LogP contribution in [0.5, 0.6) is 11.5 Å². The van der Waals surface area contributed by atoms with Crippen molar-refractivity contribution < 1.29 is 22.3 Å². The highest BCUT2D eigenvalue weighted by Gasteiger charge is 2.19. The third kappa shape index (κ3) is 6.68. The lowest BCUT2D eigenvalue weighted by atomic mass is 10.2. The van der Waals surface area contributed by atoms with E-state index in [1.165, 1.54) is 17.0 Å². The summed E-state index contributed by atoms with van der Waals surface area (Å²) in [5.74, 6) is 0.738. The van der Waals surface area contributed by atoms with E-state index in [1.54, 1.807) is 48.5 Å². The number of anilines is 2. The molecule has 0 aliphatic heterocycles. The summed E-state index contributed by atoms with van der Waals surface area (Å²) in [6.45, 7) is -0.0256. The van der Waals surface area contributed by atoms with Gasteiger partial charge in [-0.1, -0.05) is 36.4 Å². The molecule has 0 atom stereocenters. The summed E-state index contributed by atoms with van der Waals surface area (Å²) in [6.07, 6.45) is 0. The molecule has 0 bridgehead atoms. The van der Waals surface area contributed by atoms with Crippen LogP contribution in [0, 0.1) is 5.82 Å². The molecule has 9 heteroatoms. The fraction of sp³-hybridized carbons (Fsp3) is 0.0741. The Kier molecular flexibility index (Phi) is 7.94. The Labute approximate surface area is 209 Å². The van der Waals surface area contributed by atoms with Crippen molar-refractivity contribution in [3.63, 3.8) is 0 Å². The van der Waals surface area contributed by atoms with E-state index in [9.17, 15) is 17.6 Å². The molecule has 0 saturated heterocycles. The van der Waals surface area contributed by atoms with Gasteiger partial charge >= 0.3 is 6.03 Å². The molecule has 0 spiro atoms. The van der Waals surface area contributed by atoms with E-state index < -0.39 is 21.9 Å². The zero-order valence-corrected chi connectivity index (χ0v) is 20.0. The number of rotatable bonds is 9. The Morgan fingerprint density at radius 2 is 1.36 bits per heavy atom. The van der Waals surface area contributed by atoms with E-state index >= 15 is 0 Å². The Balaban J connectivity index is 1.49. The highest BCUT2D eigenvalue weighted by Crippen LogP contribution is 2.25. The topological polar surface area (TPSA) is 87.7 Å². The second-order valence-electron chi connectivity index (χ2n) is 7.71. The van der Waals surface area contributed by atoms with Crippen LogP contribution in [0.15, 0.2) is 114 Å². The largest absolute Gasteiger partial charge is 0.457 e. The van der Waals surface area contributed by atoms with Gasteiger partial charge in [-0.15, -0.1) is 0 Å². The quantitative estimate of drug-likeness (QED) is 0.308. The smallest absolute Gasteiger partial charge is 0.326 e. The summed E-state index contributed by atoms with van der Waals surface area (Å²) in [5.41, 5.74) is 1.15. The Morgan fingerprint density at radius 1 is 0.778 bits per heavy atom. The fourth-order valence-corrected chi connectivity index (χ4v) is 4.39. The van der Waals surface area contributed by atoms with E-state index in [0.717, 1.165) is 12.1 Å². The number of para-hydroxylation sites is 2. The first-order valence-corrected chi connectivity index (χ1v) is 12.6. The lowest BCUT2D eigenvalue weighted by molar-refractivity contribution is 0.257. The summed E-state index contributed by atoms with van der Waals surface area (Å²) < 4.78 is 46.6. The minimum atomic E-state index is -3.88. The standard InChI is InChI=1S/C27H24FN3O4S/c28-21-11-17-26(18-12-21)36(33,34)29-19-20-31(27(32)30-22-7-3-1-4-8-22)23-13-15-25(16-14-23)35-24-9-5-2-6-10-24/h1-18,29H,19-20H2,(H,30,32). The lowest BCUT2D eigenvalue weighted by Crippen LogP contribution is -2.41. The van der Waals surface area contributed by atoms with E-state index in [0.29, 0.717) is 22.9 Å². The van der Waals surface area contributed by atoms with Crippen molar-refractivity contribution in [2.45, 2.75) is 4.90 Å². The number of halogens is 1. The molecule has 0 unspecified atom stereocenters. The maximum atomic E-state index is 13.2. The van der Waals surface area contributed by atoms with Crippen LogP contribution in [-0.4, -0.2) is 27.5 Å². The zero-order valence-electron chi connectivity index (χ0n) is 19.2. The van der Waals surface area contributed by atoms with Crippen LogP contribution in [0.4, 0.5) is 20.6 Å². The third-order valence-corrected chi connectivity index (χ3v) is 6.63. The van der Waals surface area contributed by atoms with E-state index in [4.69, 9.17) is 4.74 Å². The molecule has 2 N–H and O–H groups in total. The number of carbonyl (C=O) groups is 1. The average Bonchev–Trinajstić information content (AvgIpc) is 2.89. The number of urea groups is 1. The van der Waals surface area contributed by atoms with Gasteiger partial charge in [0, 0.05) is 24.5 Å². The minimum Gasteiger partial charge on any atom is -0.457 e. The molecule has 0 heterocycles. The molecule has 36 heavy (non-hydrogen) atoms. The minimum absolute atomic E-state index is 0.0397. The summed E-state index contributed by atoms with van der Waals surface area (Å²) in [6, 6.07) is 29.2. The Bertz CT molecular complexity index is 1380. The van der Waals surface area contributed by atoms with Gasteiger partial charge in [0.15, 0.2) is 0 Å². The van der Waals surface area contributed by atoms with Gasteiger partial charge in [-0.2, -0.15) is 0 Å². The second kappa shape index (κ2) is 11.5. The van der Waals surface area contributed by atoms with Crippen molar-refractivity contribution in [1.29, 1.82) is 0 Å². The van der Waals surface area contributed by atoms with Gasteiger partial charge in [-0.25, -0.2) is 22.3 Å². The fourth-order valence-electron chi connectivity index (χ4n) is 3.37. The lowest BCUT2D eigenvalue weighted by Gasteiger charge is -2.24. The number of ether oxygens (including phenoxy) is 1. The SMILES string of the molecule is O=C(Nc1ccccc1)N(CCNS(=O)(=O)c1ccc(F)cc1)c1ccc(Oc2ccccc2)cc1. The molecule has 2 amide bonds. The number of nitrogens with one attached hydrogen (secondary N) is 2. The number of hydrogen-bond acceptors (Lipinski definition) is 4. The van der Waals surface area contributed by atoms with Gasteiger partial charge in [-0.3, -0.25) is 4.90 Å². The van der Waals surface area contributed by atoms with Crippen LogP contribution in [-0.2, 0) is 10.0 Å². The molecule has 0 aromatic heterocycles. The van der Waals surface area contributed by atoms with Crippen LogP contribution in [0.2, 0.25) is 0 Å². The van der Waals surface area contributed by atoms with E-state index in [1.807, 2.05) is 36.4 Å². The van der Waals surface area contributed by atoms with Crippen molar-refractivity contribution in [2.24, 2.45) is 0 Å². The molecule has 4 rings (SSSR count). The normalized spacial score (nSPS) is 11.0. The van der Waals surface area contributed by atoms with Gasteiger partial charge in [0.2, 0.25) is 10.0 Å². The summed E-state index contributed by atoms with van der Waals surface area (Å²) in [7, 11) is -3.88. The van der Waals surface area contributed by atoms with Crippen molar-refractivity contribution in [2.75, 3.05) is 23.3 Å². The summed E-state index contributed by atoms with van der Waals surface area (Å²) in [4.78, 5) is 14.5. The number of sulfonamides is 1. The second-order valence-corrected chi connectivity index (χ2v) is 9.48. The number of hydrogen-bond donors (Lipinski definition) is 2. The summed E-state index contributed by atoms with van der Waals surface area (Å²) >= 11 is 0. The molecule has 0 saturated carbocycles. The predicted octanol–water partition coefficient (Wildman–Crippen LogP) is 5.64. The third-order valence-electron chi connectivity index (χ3n) is 5.15. The monoisotopic (exact) mass is 505 g/mol. The maximum absolute atomic E-state index is 13.2. The number of carbonyl (C=O) groups excluding carboxylic acids is 1. The molecule has 184 valence electrons. The predicted molar refractivity (Wildman–Crippen MR) is 137 cm³/mol. The Hall–Kier alpha value is -4.21. The van der Waals surface area contributed by atoms with Crippen molar-refractivity contribution >= 4 is 27.4 Å². The molecule has 7 nitrogen and oxygen atoms in total. The first-order valence-electron chi connectivity index (χ1n) is 11.1. The van der Waals surface area contributed by atoms with Gasteiger partial charge in [-0.05, 0) is 72.8 Å². The van der Waals surface area contributed by atoms with Crippen LogP contribution in [0.1, 0.15) is 0 Å². The first-order chi connectivity index (χ1) is 17.4. The highest BCUT2D eigenvalue weighted by atomic mass is 32.2. The van der Waals surface area contributed by atoms with Gasteiger partial charge in [0.1, 0.15) is 17.3 Å². The van der Waals surface area contributed by atoms with Crippen molar-refractivity contribution in [3.05, 3.63) is 115 Å². The number of amides is 2. The number of nitrogens with zero attached hydrogens (tertiary/aromatic N) is 1. The number of benzene rings is 4. The molecule has 0 aliphatic carbocycles. The van der Waals surface area contributed by atoms with Gasteiger partial charge < -0.3 is 10.1 Å². The van der Waals surface area contributed by atoms with Gasteiger partial charge in [0.25, 0.3) is 0 Å².